The van der Waals surface area contributed by atoms with Gasteiger partial charge in [-0.1, -0.05) is 30.3 Å². The van der Waals surface area contributed by atoms with Gasteiger partial charge in [-0.3, -0.25) is 5.43 Å². The standard InChI is InChI=1S/C18H14FN3O2S/c1-11-10-25-18(21-11)22-20-9-12-2-4-13(5-3-12)14-6-7-15(17(23)24)16(19)8-14/h2-10H,1H3,(H,21,22)(H,23,24). The number of hydrazone groups is 1. The predicted octanol–water partition coefficient (Wildman–Crippen LogP) is 4.40. The van der Waals surface area contributed by atoms with Crippen molar-refractivity contribution in [3.63, 3.8) is 0 Å². The lowest BCUT2D eigenvalue weighted by molar-refractivity contribution is 0.0692. The predicted molar refractivity (Wildman–Crippen MR) is 96.9 cm³/mol. The number of anilines is 1. The molecule has 0 saturated carbocycles. The van der Waals surface area contributed by atoms with E-state index in [2.05, 4.69) is 15.5 Å². The zero-order valence-corrected chi connectivity index (χ0v) is 14.0. The summed E-state index contributed by atoms with van der Waals surface area (Å²) in [5, 5.41) is 15.6. The number of thiazole rings is 1. The van der Waals surface area contributed by atoms with Gasteiger partial charge in [-0.2, -0.15) is 5.10 Å². The van der Waals surface area contributed by atoms with Gasteiger partial charge in [-0.25, -0.2) is 14.2 Å². The number of hydrogen-bond donors (Lipinski definition) is 2. The van der Waals surface area contributed by atoms with Crippen molar-refractivity contribution < 1.29 is 14.3 Å². The fourth-order valence-electron chi connectivity index (χ4n) is 2.20. The quantitative estimate of drug-likeness (QED) is 0.525. The van der Waals surface area contributed by atoms with Crippen LogP contribution in [0.1, 0.15) is 21.6 Å². The number of aromatic carboxylic acids is 1. The number of aryl methyl sites for hydroxylation is 1. The lowest BCUT2D eigenvalue weighted by atomic mass is 10.0. The lowest BCUT2D eigenvalue weighted by Crippen LogP contribution is -2.00. The number of carboxylic acids is 1. The van der Waals surface area contributed by atoms with E-state index in [0.29, 0.717) is 5.56 Å². The van der Waals surface area contributed by atoms with Gasteiger partial charge in [0.25, 0.3) is 0 Å². The lowest BCUT2D eigenvalue weighted by Gasteiger charge is -2.04. The van der Waals surface area contributed by atoms with Crippen LogP contribution < -0.4 is 5.43 Å². The van der Waals surface area contributed by atoms with Gasteiger partial charge in [0, 0.05) is 5.38 Å². The first-order valence-corrected chi connectivity index (χ1v) is 8.25. The fourth-order valence-corrected chi connectivity index (χ4v) is 2.83. The van der Waals surface area contributed by atoms with Crippen LogP contribution in [0.5, 0.6) is 0 Å². The van der Waals surface area contributed by atoms with Gasteiger partial charge in [0.05, 0.1) is 17.5 Å². The Kier molecular flexibility index (Phi) is 4.85. The van der Waals surface area contributed by atoms with Crippen LogP contribution >= 0.6 is 11.3 Å². The van der Waals surface area contributed by atoms with Crippen molar-refractivity contribution in [1.82, 2.24) is 4.98 Å². The van der Waals surface area contributed by atoms with Crippen LogP contribution in [-0.2, 0) is 0 Å². The van der Waals surface area contributed by atoms with Gasteiger partial charge < -0.3 is 5.11 Å². The van der Waals surface area contributed by atoms with Crippen molar-refractivity contribution in [2.75, 3.05) is 5.43 Å². The number of carboxylic acid groups (broad SMARTS) is 1. The monoisotopic (exact) mass is 355 g/mol. The van der Waals surface area contributed by atoms with E-state index < -0.39 is 11.8 Å². The minimum atomic E-state index is -1.28. The summed E-state index contributed by atoms with van der Waals surface area (Å²) in [5.74, 6) is -2.03. The Labute approximate surface area is 147 Å². The maximum atomic E-state index is 13.8. The Balaban J connectivity index is 1.71. The molecule has 0 atom stereocenters. The average molecular weight is 355 g/mol. The highest BCUT2D eigenvalue weighted by Gasteiger charge is 2.11. The third-order valence-corrected chi connectivity index (χ3v) is 4.30. The molecule has 0 aliphatic heterocycles. The highest BCUT2D eigenvalue weighted by Crippen LogP contribution is 2.22. The zero-order valence-electron chi connectivity index (χ0n) is 13.2. The fraction of sp³-hybridized carbons (Fsp3) is 0.0556. The van der Waals surface area contributed by atoms with Crippen molar-refractivity contribution in [3.05, 3.63) is 70.5 Å². The van der Waals surface area contributed by atoms with Crippen molar-refractivity contribution in [3.8, 4) is 11.1 Å². The van der Waals surface area contributed by atoms with E-state index >= 15 is 0 Å². The molecule has 126 valence electrons. The van der Waals surface area contributed by atoms with E-state index in [-0.39, 0.29) is 5.56 Å². The molecule has 7 heteroatoms. The summed E-state index contributed by atoms with van der Waals surface area (Å²) in [4.78, 5) is 15.1. The van der Waals surface area contributed by atoms with Crippen molar-refractivity contribution in [2.45, 2.75) is 6.92 Å². The van der Waals surface area contributed by atoms with Crippen LogP contribution in [0.2, 0.25) is 0 Å². The maximum Gasteiger partial charge on any atom is 0.338 e. The second-order valence-corrected chi connectivity index (χ2v) is 6.14. The number of halogens is 1. The molecule has 0 aliphatic carbocycles. The van der Waals surface area contributed by atoms with Crippen molar-refractivity contribution in [1.29, 1.82) is 0 Å². The number of aromatic nitrogens is 1. The summed E-state index contributed by atoms with van der Waals surface area (Å²) in [6.45, 7) is 1.91. The number of carbonyl (C=O) groups is 1. The van der Waals surface area contributed by atoms with E-state index in [9.17, 15) is 9.18 Å². The van der Waals surface area contributed by atoms with Gasteiger partial charge in [-0.15, -0.1) is 11.3 Å². The molecule has 3 rings (SSSR count). The second kappa shape index (κ2) is 7.23. The highest BCUT2D eigenvalue weighted by molar-refractivity contribution is 7.13. The van der Waals surface area contributed by atoms with E-state index in [1.54, 1.807) is 12.3 Å². The summed E-state index contributed by atoms with van der Waals surface area (Å²) < 4.78 is 13.8. The SMILES string of the molecule is Cc1csc(NN=Cc2ccc(-c3ccc(C(=O)O)c(F)c3)cc2)n1. The first kappa shape index (κ1) is 16.8. The third-order valence-electron chi connectivity index (χ3n) is 3.44. The first-order valence-electron chi connectivity index (χ1n) is 7.37. The van der Waals surface area contributed by atoms with Gasteiger partial charge in [0.1, 0.15) is 5.82 Å². The molecule has 2 aromatic carbocycles. The molecule has 1 heterocycles. The van der Waals surface area contributed by atoms with Gasteiger partial charge in [0.15, 0.2) is 0 Å². The van der Waals surface area contributed by atoms with E-state index in [4.69, 9.17) is 5.11 Å². The van der Waals surface area contributed by atoms with Crippen LogP contribution in [0, 0.1) is 12.7 Å². The Morgan fingerprint density at radius 3 is 2.56 bits per heavy atom. The summed E-state index contributed by atoms with van der Waals surface area (Å²) >= 11 is 1.48. The second-order valence-electron chi connectivity index (χ2n) is 5.29. The molecule has 0 amide bonds. The van der Waals surface area contributed by atoms with Crippen LogP contribution in [-0.4, -0.2) is 22.3 Å². The molecule has 25 heavy (non-hydrogen) atoms. The molecule has 0 spiro atoms. The van der Waals surface area contributed by atoms with Crippen molar-refractivity contribution in [2.24, 2.45) is 5.10 Å². The molecule has 0 unspecified atom stereocenters. The average Bonchev–Trinajstić information content (AvgIpc) is 3.00. The Bertz CT molecular complexity index is 936. The Morgan fingerprint density at radius 1 is 1.24 bits per heavy atom. The Hall–Kier alpha value is -3.06. The Morgan fingerprint density at radius 2 is 1.96 bits per heavy atom. The van der Waals surface area contributed by atoms with E-state index in [1.165, 1.54) is 23.5 Å². The number of rotatable bonds is 5. The largest absolute Gasteiger partial charge is 0.478 e. The molecule has 2 N–H and O–H groups in total. The number of nitrogens with zero attached hydrogens (tertiary/aromatic N) is 2. The smallest absolute Gasteiger partial charge is 0.338 e. The number of hydrogen-bond acceptors (Lipinski definition) is 5. The normalized spacial score (nSPS) is 11.0. The molecule has 0 radical (unpaired) electrons. The summed E-state index contributed by atoms with van der Waals surface area (Å²) in [6, 6.07) is 11.4. The van der Waals surface area contributed by atoms with Crippen LogP contribution in [0.25, 0.3) is 11.1 Å². The molecule has 3 aromatic rings. The topological polar surface area (TPSA) is 74.6 Å². The zero-order chi connectivity index (χ0) is 17.8. The molecule has 0 fully saturated rings. The summed E-state index contributed by atoms with van der Waals surface area (Å²) in [6.07, 6.45) is 1.66. The van der Waals surface area contributed by atoms with Gasteiger partial charge in [-0.05, 0) is 35.7 Å². The molecule has 0 saturated heterocycles. The van der Waals surface area contributed by atoms with Crippen LogP contribution in [0.15, 0.2) is 52.9 Å². The summed E-state index contributed by atoms with van der Waals surface area (Å²) in [7, 11) is 0. The van der Waals surface area contributed by atoms with Crippen LogP contribution in [0.3, 0.4) is 0 Å². The molecular weight excluding hydrogens is 341 g/mol. The van der Waals surface area contributed by atoms with E-state index in [1.807, 2.05) is 36.6 Å². The summed E-state index contributed by atoms with van der Waals surface area (Å²) in [5.41, 5.74) is 5.73. The number of nitrogens with one attached hydrogen (secondary N) is 1. The first-order chi connectivity index (χ1) is 12.0. The molecule has 0 aliphatic rings. The molecule has 5 nitrogen and oxygen atoms in total. The van der Waals surface area contributed by atoms with Crippen molar-refractivity contribution >= 4 is 28.7 Å². The highest BCUT2D eigenvalue weighted by atomic mass is 32.1. The number of benzene rings is 2. The van der Waals surface area contributed by atoms with Crippen LogP contribution in [0.4, 0.5) is 9.52 Å². The molecule has 1 aromatic heterocycles. The minimum absolute atomic E-state index is 0.337. The van der Waals surface area contributed by atoms with Gasteiger partial charge >= 0.3 is 5.97 Å². The molecule has 0 bridgehead atoms. The van der Waals surface area contributed by atoms with Gasteiger partial charge in [0.2, 0.25) is 5.13 Å². The minimum Gasteiger partial charge on any atom is -0.478 e. The van der Waals surface area contributed by atoms with E-state index in [0.717, 1.165) is 22.0 Å². The maximum absolute atomic E-state index is 13.8. The molecular formula is C18H14FN3O2S. The third kappa shape index (κ3) is 4.07.